The minimum atomic E-state index is -0.0145. The number of aryl methyl sites for hydroxylation is 1. The highest BCUT2D eigenvalue weighted by Gasteiger charge is 2.29. The zero-order chi connectivity index (χ0) is 19.4. The lowest BCUT2D eigenvalue weighted by atomic mass is 9.97. The number of carbonyl (C=O) groups excluding carboxylic acids is 1. The Morgan fingerprint density at radius 1 is 1.30 bits per heavy atom. The average Bonchev–Trinajstić information content (AvgIpc) is 2.69. The molecule has 0 spiro atoms. The van der Waals surface area contributed by atoms with E-state index in [2.05, 4.69) is 48.0 Å². The molecule has 2 atom stereocenters. The molecule has 2 amide bonds. The number of amides is 2. The van der Waals surface area contributed by atoms with Crippen LogP contribution in [0.25, 0.3) is 0 Å². The van der Waals surface area contributed by atoms with Gasteiger partial charge in [-0.25, -0.2) is 4.79 Å². The van der Waals surface area contributed by atoms with Crippen molar-refractivity contribution in [3.05, 3.63) is 23.8 Å². The van der Waals surface area contributed by atoms with E-state index in [1.54, 1.807) is 0 Å². The van der Waals surface area contributed by atoms with E-state index in [-0.39, 0.29) is 6.03 Å². The quantitative estimate of drug-likeness (QED) is 0.879. The molecule has 0 aliphatic carbocycles. The first-order valence-electron chi connectivity index (χ1n) is 10.2. The van der Waals surface area contributed by atoms with Gasteiger partial charge in [0.25, 0.3) is 0 Å². The molecule has 0 radical (unpaired) electrons. The van der Waals surface area contributed by atoms with Crippen LogP contribution in [0.3, 0.4) is 0 Å². The van der Waals surface area contributed by atoms with Crippen LogP contribution in [0.5, 0.6) is 0 Å². The van der Waals surface area contributed by atoms with E-state index in [0.29, 0.717) is 12.1 Å². The summed E-state index contributed by atoms with van der Waals surface area (Å²) in [6, 6.07) is 7.08. The van der Waals surface area contributed by atoms with Crippen molar-refractivity contribution in [3.63, 3.8) is 0 Å². The first-order valence-corrected chi connectivity index (χ1v) is 10.2. The van der Waals surface area contributed by atoms with Gasteiger partial charge in [-0.15, -0.1) is 0 Å². The van der Waals surface area contributed by atoms with Gasteiger partial charge in [0.1, 0.15) is 0 Å². The van der Waals surface area contributed by atoms with Gasteiger partial charge in [0.2, 0.25) is 0 Å². The molecule has 0 bridgehead atoms. The third kappa shape index (κ3) is 4.74. The summed E-state index contributed by atoms with van der Waals surface area (Å²) in [4.78, 5) is 19.5. The molecule has 2 aliphatic heterocycles. The Bertz CT molecular complexity index is 645. The highest BCUT2D eigenvalue weighted by molar-refractivity contribution is 5.90. The second-order valence-corrected chi connectivity index (χ2v) is 7.80. The van der Waals surface area contributed by atoms with Crippen LogP contribution >= 0.6 is 0 Å². The maximum Gasteiger partial charge on any atom is 0.321 e. The fraction of sp³-hybridized carbons (Fsp3) is 0.667. The van der Waals surface area contributed by atoms with Gasteiger partial charge in [-0.1, -0.05) is 6.92 Å². The molecule has 0 saturated carbocycles. The third-order valence-electron chi connectivity index (χ3n) is 6.09. The van der Waals surface area contributed by atoms with Crippen LogP contribution in [0, 0.1) is 6.92 Å². The first-order chi connectivity index (χ1) is 13.0. The molecule has 3 rings (SSSR count). The van der Waals surface area contributed by atoms with Crippen molar-refractivity contribution in [2.45, 2.75) is 45.7 Å². The third-order valence-corrected chi connectivity index (χ3v) is 6.09. The highest BCUT2D eigenvalue weighted by atomic mass is 16.5. The van der Waals surface area contributed by atoms with Gasteiger partial charge >= 0.3 is 6.03 Å². The van der Waals surface area contributed by atoms with E-state index in [9.17, 15) is 4.79 Å². The molecule has 150 valence electrons. The fourth-order valence-corrected chi connectivity index (χ4v) is 4.19. The van der Waals surface area contributed by atoms with Crippen LogP contribution < -0.4 is 10.2 Å². The molecule has 1 aromatic rings. The predicted octanol–water partition coefficient (Wildman–Crippen LogP) is 3.17. The van der Waals surface area contributed by atoms with Gasteiger partial charge in [0.15, 0.2) is 0 Å². The summed E-state index contributed by atoms with van der Waals surface area (Å²) in [5.41, 5.74) is 3.18. The topological polar surface area (TPSA) is 48.0 Å². The number of hydrogen-bond donors (Lipinski definition) is 1. The van der Waals surface area contributed by atoms with E-state index in [0.717, 1.165) is 63.5 Å². The summed E-state index contributed by atoms with van der Waals surface area (Å²) >= 11 is 0. The molecule has 27 heavy (non-hydrogen) atoms. The second-order valence-electron chi connectivity index (χ2n) is 7.80. The lowest BCUT2D eigenvalue weighted by Crippen LogP contribution is -2.50. The summed E-state index contributed by atoms with van der Waals surface area (Å²) in [6.07, 6.45) is 2.07. The lowest BCUT2D eigenvalue weighted by Gasteiger charge is -2.40. The summed E-state index contributed by atoms with van der Waals surface area (Å²) in [5.74, 6) is 0. The zero-order valence-corrected chi connectivity index (χ0v) is 17.2. The van der Waals surface area contributed by atoms with E-state index >= 15 is 0 Å². The Morgan fingerprint density at radius 2 is 2.04 bits per heavy atom. The van der Waals surface area contributed by atoms with E-state index < -0.39 is 0 Å². The number of anilines is 2. The molecular weight excluding hydrogens is 340 g/mol. The van der Waals surface area contributed by atoms with Crippen molar-refractivity contribution < 1.29 is 9.53 Å². The van der Waals surface area contributed by atoms with Crippen molar-refractivity contribution >= 4 is 17.4 Å². The van der Waals surface area contributed by atoms with E-state index in [1.807, 2.05) is 18.0 Å². The van der Waals surface area contributed by atoms with Crippen LogP contribution in [-0.4, -0.2) is 74.4 Å². The van der Waals surface area contributed by atoms with Gasteiger partial charge in [-0.2, -0.15) is 0 Å². The van der Waals surface area contributed by atoms with Gasteiger partial charge < -0.3 is 24.8 Å². The number of likely N-dealkylation sites (tertiary alicyclic amines) is 1. The average molecular weight is 375 g/mol. The monoisotopic (exact) mass is 374 g/mol. The summed E-state index contributed by atoms with van der Waals surface area (Å²) in [5, 5.41) is 3.11. The molecule has 1 N–H and O–H groups in total. The Kier molecular flexibility index (Phi) is 6.60. The number of piperidine rings is 1. The maximum atomic E-state index is 12.8. The number of hydrogen-bond acceptors (Lipinski definition) is 4. The molecule has 2 aliphatic rings. The van der Waals surface area contributed by atoms with E-state index in [1.165, 1.54) is 5.69 Å². The van der Waals surface area contributed by atoms with Gasteiger partial charge in [-0.05, 0) is 57.0 Å². The number of urea groups is 1. The molecule has 2 saturated heterocycles. The largest absolute Gasteiger partial charge is 0.378 e. The molecule has 1 aromatic carbocycles. The summed E-state index contributed by atoms with van der Waals surface area (Å²) < 4.78 is 5.43. The maximum absolute atomic E-state index is 12.8. The highest BCUT2D eigenvalue weighted by Crippen LogP contribution is 2.25. The number of nitrogens with one attached hydrogen (secondary N) is 1. The molecular formula is C21H34N4O2. The second kappa shape index (κ2) is 8.93. The normalized spacial score (nSPS) is 23.9. The molecule has 2 fully saturated rings. The van der Waals surface area contributed by atoms with Crippen LogP contribution in [0.4, 0.5) is 16.2 Å². The van der Waals surface area contributed by atoms with Crippen molar-refractivity contribution in [1.82, 2.24) is 9.80 Å². The van der Waals surface area contributed by atoms with Crippen molar-refractivity contribution in [2.24, 2.45) is 0 Å². The zero-order valence-electron chi connectivity index (χ0n) is 17.2. The Morgan fingerprint density at radius 3 is 2.67 bits per heavy atom. The van der Waals surface area contributed by atoms with Gasteiger partial charge in [0, 0.05) is 50.1 Å². The van der Waals surface area contributed by atoms with Crippen molar-refractivity contribution in [2.75, 3.05) is 56.7 Å². The number of ether oxygens (including phenoxy) is 1. The number of carbonyl (C=O) groups is 1. The van der Waals surface area contributed by atoms with Crippen LogP contribution in [0.2, 0.25) is 0 Å². The Balaban J connectivity index is 1.60. The first kappa shape index (κ1) is 20.0. The standard InChI is InChI=1S/C21H34N4O2/c1-5-24-9-8-18(15-17(24)3)23(4)21(26)22-20-7-6-19(14-16(20)2)25-10-12-27-13-11-25/h6-7,14,17-18H,5,8-13,15H2,1-4H3,(H,22,26)/t17-,18-/m0/s1. The van der Waals surface area contributed by atoms with Crippen molar-refractivity contribution in [1.29, 1.82) is 0 Å². The minimum Gasteiger partial charge on any atom is -0.378 e. The minimum absolute atomic E-state index is 0.0145. The van der Waals surface area contributed by atoms with E-state index in [4.69, 9.17) is 4.74 Å². The number of nitrogens with zero attached hydrogens (tertiary/aromatic N) is 3. The van der Waals surface area contributed by atoms with Crippen LogP contribution in [0.1, 0.15) is 32.3 Å². The fourth-order valence-electron chi connectivity index (χ4n) is 4.19. The lowest BCUT2D eigenvalue weighted by molar-refractivity contribution is 0.104. The predicted molar refractivity (Wildman–Crippen MR) is 111 cm³/mol. The van der Waals surface area contributed by atoms with Gasteiger partial charge in [0.05, 0.1) is 13.2 Å². The van der Waals surface area contributed by atoms with Crippen molar-refractivity contribution in [3.8, 4) is 0 Å². The smallest absolute Gasteiger partial charge is 0.321 e. The molecule has 6 nitrogen and oxygen atoms in total. The van der Waals surface area contributed by atoms with Gasteiger partial charge in [-0.3, -0.25) is 0 Å². The summed E-state index contributed by atoms with van der Waals surface area (Å²) in [6.45, 7) is 12.1. The Labute approximate surface area is 163 Å². The van der Waals surface area contributed by atoms with Crippen LogP contribution in [0.15, 0.2) is 18.2 Å². The summed E-state index contributed by atoms with van der Waals surface area (Å²) in [7, 11) is 1.92. The molecule has 0 unspecified atom stereocenters. The number of rotatable bonds is 4. The number of benzene rings is 1. The molecule has 2 heterocycles. The Hall–Kier alpha value is -1.79. The van der Waals surface area contributed by atoms with Crippen LogP contribution in [-0.2, 0) is 4.74 Å². The molecule has 0 aromatic heterocycles. The SMILES string of the molecule is CCN1CC[C@H](N(C)C(=O)Nc2ccc(N3CCOCC3)cc2C)C[C@@H]1C. The number of morpholine rings is 1. The molecule has 6 heteroatoms.